The summed E-state index contributed by atoms with van der Waals surface area (Å²) in [7, 11) is 0. The van der Waals surface area contributed by atoms with Gasteiger partial charge in [0.1, 0.15) is 4.99 Å². The molecule has 0 heterocycles. The smallest absolute Gasteiger partial charge is 0.106 e. The Morgan fingerprint density at radius 2 is 1.95 bits per heavy atom. The molecule has 2 aromatic rings. The largest absolute Gasteiger partial charge is 0.389 e. The second kappa shape index (κ2) is 5.90. The van der Waals surface area contributed by atoms with Crippen LogP contribution >= 0.6 is 39.7 Å². The first kappa shape index (κ1) is 14.3. The number of hydrogen-bond acceptors (Lipinski definition) is 2. The minimum atomic E-state index is 0.357. The molecule has 0 aliphatic carbocycles. The molecule has 2 rings (SSSR count). The van der Waals surface area contributed by atoms with Gasteiger partial charge in [-0.3, -0.25) is 0 Å². The van der Waals surface area contributed by atoms with E-state index in [4.69, 9.17) is 29.6 Å². The van der Waals surface area contributed by atoms with Crippen LogP contribution in [0.5, 0.6) is 0 Å². The first-order chi connectivity index (χ1) is 8.97. The van der Waals surface area contributed by atoms with E-state index in [2.05, 4.69) is 21.2 Å². The van der Waals surface area contributed by atoms with Crippen molar-refractivity contribution in [3.8, 4) is 0 Å². The third-order valence-electron chi connectivity index (χ3n) is 2.64. The van der Waals surface area contributed by atoms with Gasteiger partial charge in [-0.05, 0) is 42.8 Å². The van der Waals surface area contributed by atoms with E-state index in [-0.39, 0.29) is 0 Å². The molecule has 0 saturated carbocycles. The summed E-state index contributed by atoms with van der Waals surface area (Å²) in [5, 5.41) is 3.90. The summed E-state index contributed by atoms with van der Waals surface area (Å²) in [4.78, 5) is 0.357. The highest BCUT2D eigenvalue weighted by Gasteiger charge is 2.08. The van der Waals surface area contributed by atoms with Crippen LogP contribution in [0, 0.1) is 6.92 Å². The van der Waals surface area contributed by atoms with Crippen LogP contribution in [0.15, 0.2) is 40.9 Å². The molecule has 0 unspecified atom stereocenters. The van der Waals surface area contributed by atoms with Gasteiger partial charge in [0.05, 0.1) is 10.7 Å². The zero-order chi connectivity index (χ0) is 14.0. The fourth-order valence-electron chi connectivity index (χ4n) is 1.71. The number of rotatable bonds is 3. The van der Waals surface area contributed by atoms with Crippen molar-refractivity contribution >= 4 is 56.1 Å². The van der Waals surface area contributed by atoms with E-state index in [0.29, 0.717) is 10.0 Å². The highest BCUT2D eigenvalue weighted by Crippen LogP contribution is 2.30. The number of aryl methyl sites for hydroxylation is 1. The Hall–Kier alpha value is -1.10. The molecule has 0 aromatic heterocycles. The molecule has 0 radical (unpaired) electrons. The Morgan fingerprint density at radius 1 is 1.21 bits per heavy atom. The molecule has 0 spiro atoms. The summed E-state index contributed by atoms with van der Waals surface area (Å²) in [6, 6.07) is 11.5. The van der Waals surface area contributed by atoms with E-state index in [1.807, 2.05) is 43.3 Å². The maximum Gasteiger partial charge on any atom is 0.106 e. The fourth-order valence-corrected chi connectivity index (χ4v) is 2.61. The molecule has 19 heavy (non-hydrogen) atoms. The summed E-state index contributed by atoms with van der Waals surface area (Å²) in [6.07, 6.45) is 0. The molecule has 98 valence electrons. The number of thiocarbonyl (C=S) groups is 1. The van der Waals surface area contributed by atoms with E-state index < -0.39 is 0 Å². The second-order valence-electron chi connectivity index (χ2n) is 4.16. The third-order valence-corrected chi connectivity index (χ3v) is 3.67. The Balaban J connectivity index is 2.42. The van der Waals surface area contributed by atoms with Crippen LogP contribution in [0.4, 0.5) is 11.4 Å². The first-order valence-electron chi connectivity index (χ1n) is 5.60. The van der Waals surface area contributed by atoms with Crippen LogP contribution < -0.4 is 11.1 Å². The molecule has 3 N–H and O–H groups in total. The molecule has 0 amide bonds. The van der Waals surface area contributed by atoms with Crippen LogP contribution in [0.2, 0.25) is 5.02 Å². The zero-order valence-electron chi connectivity index (χ0n) is 10.2. The Labute approximate surface area is 131 Å². The maximum atomic E-state index is 6.19. The normalized spacial score (nSPS) is 10.3. The lowest BCUT2D eigenvalue weighted by atomic mass is 10.1. The minimum Gasteiger partial charge on any atom is -0.389 e. The highest BCUT2D eigenvalue weighted by molar-refractivity contribution is 9.10. The van der Waals surface area contributed by atoms with Crippen molar-refractivity contribution in [1.82, 2.24) is 0 Å². The van der Waals surface area contributed by atoms with Crippen molar-refractivity contribution < 1.29 is 0 Å². The van der Waals surface area contributed by atoms with Gasteiger partial charge >= 0.3 is 0 Å². The van der Waals surface area contributed by atoms with Gasteiger partial charge in [0.15, 0.2) is 0 Å². The average Bonchev–Trinajstić information content (AvgIpc) is 2.32. The topological polar surface area (TPSA) is 38.0 Å². The molecule has 2 nitrogen and oxygen atoms in total. The summed E-state index contributed by atoms with van der Waals surface area (Å²) in [6.45, 7) is 2.01. The van der Waals surface area contributed by atoms with E-state index in [1.165, 1.54) is 0 Å². The van der Waals surface area contributed by atoms with E-state index in [9.17, 15) is 0 Å². The Morgan fingerprint density at radius 3 is 2.58 bits per heavy atom. The SMILES string of the molecule is Cc1ccc(C(N)=S)c(Nc2ccc(Br)cc2Cl)c1. The van der Waals surface area contributed by atoms with Crippen LogP contribution in [0.1, 0.15) is 11.1 Å². The van der Waals surface area contributed by atoms with Crippen molar-refractivity contribution in [2.45, 2.75) is 6.92 Å². The quantitative estimate of drug-likeness (QED) is 0.778. The molecule has 0 atom stereocenters. The first-order valence-corrected chi connectivity index (χ1v) is 7.18. The number of nitrogens with one attached hydrogen (secondary N) is 1. The molecule has 5 heteroatoms. The second-order valence-corrected chi connectivity index (χ2v) is 5.93. The molecule has 0 bridgehead atoms. The minimum absolute atomic E-state index is 0.357. The number of hydrogen-bond donors (Lipinski definition) is 2. The molecular formula is C14H12BrClN2S. The number of halogens is 2. The number of nitrogens with two attached hydrogens (primary N) is 1. The lowest BCUT2D eigenvalue weighted by Gasteiger charge is -2.13. The lowest BCUT2D eigenvalue weighted by Crippen LogP contribution is -2.12. The fraction of sp³-hybridized carbons (Fsp3) is 0.0714. The van der Waals surface area contributed by atoms with Gasteiger partial charge in [-0.15, -0.1) is 0 Å². The summed E-state index contributed by atoms with van der Waals surface area (Å²) in [5.41, 5.74) is 9.33. The van der Waals surface area contributed by atoms with Gasteiger partial charge in [0, 0.05) is 15.7 Å². The molecule has 2 aromatic carbocycles. The summed E-state index contributed by atoms with van der Waals surface area (Å²) >= 11 is 14.6. The van der Waals surface area contributed by atoms with Crippen LogP contribution in [-0.2, 0) is 0 Å². The number of anilines is 2. The van der Waals surface area contributed by atoms with Crippen LogP contribution in [0.3, 0.4) is 0 Å². The molecule has 0 fully saturated rings. The van der Waals surface area contributed by atoms with Gasteiger partial charge in [0.25, 0.3) is 0 Å². The van der Waals surface area contributed by atoms with Crippen molar-refractivity contribution in [3.05, 3.63) is 57.0 Å². The van der Waals surface area contributed by atoms with Gasteiger partial charge in [-0.1, -0.05) is 45.8 Å². The Bertz CT molecular complexity index is 643. The highest BCUT2D eigenvalue weighted by atomic mass is 79.9. The molecule has 0 aliphatic rings. The summed E-state index contributed by atoms with van der Waals surface area (Å²) in [5.74, 6) is 0. The van der Waals surface area contributed by atoms with Gasteiger partial charge in [-0.2, -0.15) is 0 Å². The van der Waals surface area contributed by atoms with Crippen molar-refractivity contribution in [3.63, 3.8) is 0 Å². The lowest BCUT2D eigenvalue weighted by molar-refractivity contribution is 1.43. The number of benzene rings is 2. The van der Waals surface area contributed by atoms with Gasteiger partial charge in [-0.25, -0.2) is 0 Å². The van der Waals surface area contributed by atoms with Gasteiger partial charge in [0.2, 0.25) is 0 Å². The zero-order valence-corrected chi connectivity index (χ0v) is 13.4. The van der Waals surface area contributed by atoms with Crippen LogP contribution in [0.25, 0.3) is 0 Å². The predicted octanol–water partition coefficient (Wildman–Crippen LogP) is 4.79. The predicted molar refractivity (Wildman–Crippen MR) is 89.5 cm³/mol. The van der Waals surface area contributed by atoms with Crippen molar-refractivity contribution in [2.24, 2.45) is 5.73 Å². The van der Waals surface area contributed by atoms with E-state index in [0.717, 1.165) is 27.0 Å². The Kier molecular flexibility index (Phi) is 4.45. The summed E-state index contributed by atoms with van der Waals surface area (Å²) < 4.78 is 0.932. The monoisotopic (exact) mass is 354 g/mol. The standard InChI is InChI=1S/C14H12BrClN2S/c1-8-2-4-10(14(17)19)13(6-8)18-12-5-3-9(15)7-11(12)16/h2-7,18H,1H3,(H2,17,19). The molecule has 0 aliphatic heterocycles. The maximum absolute atomic E-state index is 6.19. The van der Waals surface area contributed by atoms with E-state index in [1.54, 1.807) is 0 Å². The van der Waals surface area contributed by atoms with Crippen molar-refractivity contribution in [2.75, 3.05) is 5.32 Å². The van der Waals surface area contributed by atoms with Crippen LogP contribution in [-0.4, -0.2) is 4.99 Å². The average molecular weight is 356 g/mol. The van der Waals surface area contributed by atoms with Crippen molar-refractivity contribution in [1.29, 1.82) is 0 Å². The molecular weight excluding hydrogens is 344 g/mol. The molecule has 0 saturated heterocycles. The van der Waals surface area contributed by atoms with E-state index >= 15 is 0 Å². The van der Waals surface area contributed by atoms with Gasteiger partial charge < -0.3 is 11.1 Å². The third kappa shape index (κ3) is 3.47.